The van der Waals surface area contributed by atoms with Crippen LogP contribution in [0.25, 0.3) is 0 Å². The van der Waals surface area contributed by atoms with Gasteiger partial charge in [0.05, 0.1) is 0 Å². The van der Waals surface area contributed by atoms with Crippen molar-refractivity contribution in [2.75, 3.05) is 12.4 Å². The number of carbonyl (C=O) groups is 1. The van der Waals surface area contributed by atoms with Gasteiger partial charge in [0.2, 0.25) is 0 Å². The lowest BCUT2D eigenvalue weighted by molar-refractivity contribution is 0.112. The number of aliphatic hydroxyl groups is 1. The zero-order valence-electron chi connectivity index (χ0n) is 8.45. The number of allylic oxidation sites excluding steroid dienone is 1. The number of nitrogens with one attached hydrogen (secondary N) is 1. The molecule has 3 nitrogen and oxygen atoms in total. The van der Waals surface area contributed by atoms with Crippen LogP contribution in [0.2, 0.25) is 0 Å². The first-order chi connectivity index (χ1) is 6.72. The van der Waals surface area contributed by atoms with Gasteiger partial charge in [-0.3, -0.25) is 4.79 Å². The molecule has 1 rings (SSSR count). The maximum Gasteiger partial charge on any atom is 0.150 e. The molecule has 0 spiro atoms. The molecular formula is C11H15NO2. The predicted molar refractivity (Wildman–Crippen MR) is 58.4 cm³/mol. The van der Waals surface area contributed by atoms with Gasteiger partial charge in [0, 0.05) is 24.1 Å². The summed E-state index contributed by atoms with van der Waals surface area (Å²) in [5, 5.41) is 10.0. The first-order valence-electron chi connectivity index (χ1n) is 4.15. The summed E-state index contributed by atoms with van der Waals surface area (Å²) >= 11 is 0. The van der Waals surface area contributed by atoms with E-state index in [1.54, 1.807) is 12.1 Å². The molecule has 0 atom stereocenters. The SMILES string of the molecule is C=C(C)Nc1ccc(C=O)cc1.CO. The average molecular weight is 193 g/mol. The van der Waals surface area contributed by atoms with E-state index in [0.29, 0.717) is 5.56 Å². The molecule has 2 N–H and O–H groups in total. The van der Waals surface area contributed by atoms with Gasteiger partial charge in [-0.1, -0.05) is 6.58 Å². The number of rotatable bonds is 3. The van der Waals surface area contributed by atoms with E-state index in [2.05, 4.69) is 11.9 Å². The van der Waals surface area contributed by atoms with Crippen LogP contribution in [0.3, 0.4) is 0 Å². The van der Waals surface area contributed by atoms with E-state index in [9.17, 15) is 4.79 Å². The fourth-order valence-corrected chi connectivity index (χ4v) is 0.891. The Morgan fingerprint density at radius 1 is 1.36 bits per heavy atom. The highest BCUT2D eigenvalue weighted by Crippen LogP contribution is 2.09. The molecule has 3 heteroatoms. The van der Waals surface area contributed by atoms with Crippen molar-refractivity contribution in [1.29, 1.82) is 0 Å². The van der Waals surface area contributed by atoms with Gasteiger partial charge in [-0.25, -0.2) is 0 Å². The number of aliphatic hydroxyl groups excluding tert-OH is 1. The van der Waals surface area contributed by atoms with E-state index in [1.165, 1.54) is 0 Å². The third-order valence-corrected chi connectivity index (χ3v) is 1.40. The lowest BCUT2D eigenvalue weighted by Gasteiger charge is -2.03. The first-order valence-corrected chi connectivity index (χ1v) is 4.15. The molecule has 14 heavy (non-hydrogen) atoms. The van der Waals surface area contributed by atoms with Crippen LogP contribution in [-0.4, -0.2) is 18.5 Å². The Labute approximate surface area is 84.1 Å². The Balaban J connectivity index is 0.000000791. The second-order valence-electron chi connectivity index (χ2n) is 2.65. The summed E-state index contributed by atoms with van der Waals surface area (Å²) in [6.45, 7) is 5.59. The highest BCUT2D eigenvalue weighted by molar-refractivity contribution is 5.75. The summed E-state index contributed by atoms with van der Waals surface area (Å²) in [5.74, 6) is 0. The molecule has 0 saturated carbocycles. The van der Waals surface area contributed by atoms with Crippen LogP contribution in [0.5, 0.6) is 0 Å². The second kappa shape index (κ2) is 6.86. The standard InChI is InChI=1S/C10H11NO.CH4O/c1-8(2)11-10-5-3-9(7-12)4-6-10;1-2/h3-7,11H,1H2,2H3;2H,1H3. The van der Waals surface area contributed by atoms with Crippen LogP contribution < -0.4 is 5.32 Å². The quantitative estimate of drug-likeness (QED) is 0.722. The summed E-state index contributed by atoms with van der Waals surface area (Å²) in [4.78, 5) is 10.3. The molecule has 1 aromatic rings. The Bertz CT molecular complexity index is 291. The smallest absolute Gasteiger partial charge is 0.150 e. The Hall–Kier alpha value is -1.61. The summed E-state index contributed by atoms with van der Waals surface area (Å²) in [6.07, 6.45) is 0.824. The molecular weight excluding hydrogens is 178 g/mol. The largest absolute Gasteiger partial charge is 0.400 e. The van der Waals surface area contributed by atoms with Crippen molar-refractivity contribution in [3.05, 3.63) is 42.1 Å². The van der Waals surface area contributed by atoms with Gasteiger partial charge in [-0.2, -0.15) is 0 Å². The minimum absolute atomic E-state index is 0.683. The molecule has 0 bridgehead atoms. The summed E-state index contributed by atoms with van der Waals surface area (Å²) in [5.41, 5.74) is 2.52. The Morgan fingerprint density at radius 2 is 1.86 bits per heavy atom. The van der Waals surface area contributed by atoms with E-state index in [-0.39, 0.29) is 0 Å². The van der Waals surface area contributed by atoms with Gasteiger partial charge in [0.1, 0.15) is 6.29 Å². The Morgan fingerprint density at radius 3 is 2.21 bits per heavy atom. The van der Waals surface area contributed by atoms with Gasteiger partial charge in [0.25, 0.3) is 0 Å². The average Bonchev–Trinajstić information content (AvgIpc) is 2.21. The van der Waals surface area contributed by atoms with E-state index in [4.69, 9.17) is 5.11 Å². The minimum atomic E-state index is 0.683. The highest BCUT2D eigenvalue weighted by Gasteiger charge is 1.91. The molecule has 0 amide bonds. The van der Waals surface area contributed by atoms with Crippen LogP contribution in [-0.2, 0) is 0 Å². The molecule has 0 radical (unpaired) electrons. The monoisotopic (exact) mass is 193 g/mol. The molecule has 0 unspecified atom stereocenters. The molecule has 1 aromatic carbocycles. The molecule has 0 aliphatic carbocycles. The van der Waals surface area contributed by atoms with Crippen molar-refractivity contribution in [3.63, 3.8) is 0 Å². The van der Waals surface area contributed by atoms with Crippen molar-refractivity contribution in [2.24, 2.45) is 0 Å². The normalized spacial score (nSPS) is 8.21. The van der Waals surface area contributed by atoms with Crippen LogP contribution in [0.15, 0.2) is 36.5 Å². The second-order valence-corrected chi connectivity index (χ2v) is 2.65. The van der Waals surface area contributed by atoms with Crippen LogP contribution in [0.4, 0.5) is 5.69 Å². The van der Waals surface area contributed by atoms with Gasteiger partial charge >= 0.3 is 0 Å². The summed E-state index contributed by atoms with van der Waals surface area (Å²) < 4.78 is 0. The predicted octanol–water partition coefficient (Wildman–Crippen LogP) is 2.05. The topological polar surface area (TPSA) is 49.3 Å². The number of aldehydes is 1. The summed E-state index contributed by atoms with van der Waals surface area (Å²) in [7, 11) is 1.00. The molecule has 0 aliphatic rings. The summed E-state index contributed by atoms with van der Waals surface area (Å²) in [6, 6.07) is 7.22. The van der Waals surface area contributed by atoms with Gasteiger partial charge < -0.3 is 10.4 Å². The van der Waals surface area contributed by atoms with Crippen molar-refractivity contribution in [1.82, 2.24) is 0 Å². The number of benzene rings is 1. The van der Waals surface area contributed by atoms with E-state index in [1.807, 2.05) is 19.1 Å². The third-order valence-electron chi connectivity index (χ3n) is 1.40. The number of anilines is 1. The fourth-order valence-electron chi connectivity index (χ4n) is 0.891. The zero-order chi connectivity index (χ0) is 11.0. The van der Waals surface area contributed by atoms with Crippen molar-refractivity contribution in [3.8, 4) is 0 Å². The number of hydrogen-bond acceptors (Lipinski definition) is 3. The van der Waals surface area contributed by atoms with Crippen LogP contribution >= 0.6 is 0 Å². The van der Waals surface area contributed by atoms with Crippen molar-refractivity contribution < 1.29 is 9.90 Å². The zero-order valence-corrected chi connectivity index (χ0v) is 8.45. The number of carbonyl (C=O) groups excluding carboxylic acids is 1. The molecule has 0 aromatic heterocycles. The maximum atomic E-state index is 10.3. The highest BCUT2D eigenvalue weighted by atomic mass is 16.2. The van der Waals surface area contributed by atoms with Crippen molar-refractivity contribution in [2.45, 2.75) is 6.92 Å². The number of hydrogen-bond donors (Lipinski definition) is 2. The molecule has 0 saturated heterocycles. The lowest BCUT2D eigenvalue weighted by atomic mass is 10.2. The van der Waals surface area contributed by atoms with Gasteiger partial charge in [0.15, 0.2) is 0 Å². The van der Waals surface area contributed by atoms with Gasteiger partial charge in [-0.15, -0.1) is 0 Å². The maximum absolute atomic E-state index is 10.3. The van der Waals surface area contributed by atoms with Crippen LogP contribution in [0, 0.1) is 0 Å². The third kappa shape index (κ3) is 4.42. The molecule has 0 fully saturated rings. The van der Waals surface area contributed by atoms with E-state index >= 15 is 0 Å². The molecule has 0 aliphatic heterocycles. The fraction of sp³-hybridized carbons (Fsp3) is 0.182. The van der Waals surface area contributed by atoms with E-state index in [0.717, 1.165) is 24.8 Å². The van der Waals surface area contributed by atoms with Gasteiger partial charge in [-0.05, 0) is 31.2 Å². The van der Waals surface area contributed by atoms with Crippen molar-refractivity contribution >= 4 is 12.0 Å². The minimum Gasteiger partial charge on any atom is -0.400 e. The molecule has 0 heterocycles. The Kier molecular flexibility index (Phi) is 6.07. The van der Waals surface area contributed by atoms with E-state index < -0.39 is 0 Å². The lowest BCUT2D eigenvalue weighted by Crippen LogP contribution is -1.93. The van der Waals surface area contributed by atoms with Crippen LogP contribution in [0.1, 0.15) is 17.3 Å². The molecule has 76 valence electrons. The first kappa shape index (κ1) is 12.4.